The molecule has 1 rings (SSSR count). The fourth-order valence-electron chi connectivity index (χ4n) is 1.51. The summed E-state index contributed by atoms with van der Waals surface area (Å²) < 4.78 is 41.8. The molecule has 0 radical (unpaired) electrons. The first-order valence-corrected chi connectivity index (χ1v) is 7.41. The molecule has 0 atom stereocenters. The van der Waals surface area contributed by atoms with Gasteiger partial charge in [-0.2, -0.15) is 0 Å². The van der Waals surface area contributed by atoms with Crippen LogP contribution in [-0.4, -0.2) is 32.4 Å². The molecule has 0 aliphatic carbocycles. The standard InChI is InChI=1S/C13H18O5S.Na/c1-3-11-10-12(17-2)6-7-13(11)18-8-4-5-9-19(14,15)16;/h3,6-7,10H,1,4-5,8-9H2,2H3,(H,14,15,16);/q;+1/p-1. The van der Waals surface area contributed by atoms with E-state index in [4.69, 9.17) is 9.47 Å². The van der Waals surface area contributed by atoms with E-state index in [1.165, 1.54) is 0 Å². The molecule has 106 valence electrons. The number of methoxy groups -OCH3 is 1. The summed E-state index contributed by atoms with van der Waals surface area (Å²) in [5.74, 6) is 1.01. The number of unbranched alkanes of at least 4 members (excludes halogenated alkanes) is 1. The molecule has 0 saturated carbocycles. The maximum atomic E-state index is 10.4. The van der Waals surface area contributed by atoms with E-state index in [2.05, 4.69) is 6.58 Å². The van der Waals surface area contributed by atoms with Gasteiger partial charge in [0.1, 0.15) is 11.5 Å². The Morgan fingerprint density at radius 3 is 2.60 bits per heavy atom. The van der Waals surface area contributed by atoms with Crippen LogP contribution < -0.4 is 39.0 Å². The molecule has 1 aromatic rings. The Balaban J connectivity index is 0.00000361. The molecule has 0 unspecified atom stereocenters. The van der Waals surface area contributed by atoms with Crippen molar-refractivity contribution in [2.45, 2.75) is 12.8 Å². The van der Waals surface area contributed by atoms with Gasteiger partial charge in [-0.05, 0) is 31.0 Å². The largest absolute Gasteiger partial charge is 1.00 e. The summed E-state index contributed by atoms with van der Waals surface area (Å²) in [6.07, 6.45) is 2.45. The third-order valence-electron chi connectivity index (χ3n) is 2.48. The number of rotatable bonds is 8. The summed E-state index contributed by atoms with van der Waals surface area (Å²) in [6.45, 7) is 4.04. The Morgan fingerprint density at radius 2 is 2.05 bits per heavy atom. The molecule has 0 bridgehead atoms. The molecule has 0 N–H and O–H groups in total. The monoisotopic (exact) mass is 308 g/mol. The van der Waals surface area contributed by atoms with Gasteiger partial charge in [-0.25, -0.2) is 8.42 Å². The molecule has 0 fully saturated rings. The maximum Gasteiger partial charge on any atom is 1.00 e. The first kappa shape index (κ1) is 19.5. The van der Waals surface area contributed by atoms with Crippen molar-refractivity contribution in [1.29, 1.82) is 0 Å². The number of hydrogen-bond donors (Lipinski definition) is 0. The van der Waals surface area contributed by atoms with E-state index < -0.39 is 10.1 Å². The zero-order valence-corrected chi connectivity index (χ0v) is 14.6. The average molecular weight is 308 g/mol. The van der Waals surface area contributed by atoms with E-state index in [-0.39, 0.29) is 35.3 Å². The van der Waals surface area contributed by atoms with Crippen LogP contribution in [0, 0.1) is 0 Å². The fraction of sp³-hybridized carbons (Fsp3) is 0.385. The maximum absolute atomic E-state index is 10.4. The van der Waals surface area contributed by atoms with Gasteiger partial charge in [-0.3, -0.25) is 0 Å². The predicted molar refractivity (Wildman–Crippen MR) is 72.4 cm³/mol. The minimum atomic E-state index is -4.13. The van der Waals surface area contributed by atoms with Gasteiger partial charge in [0.05, 0.1) is 23.8 Å². The van der Waals surface area contributed by atoms with Crippen molar-refractivity contribution in [3.8, 4) is 11.5 Å². The van der Waals surface area contributed by atoms with Crippen LogP contribution in [-0.2, 0) is 10.1 Å². The fourth-order valence-corrected chi connectivity index (χ4v) is 2.07. The second kappa shape index (κ2) is 9.41. The molecule has 1 aromatic carbocycles. The van der Waals surface area contributed by atoms with E-state index in [0.717, 1.165) is 5.56 Å². The predicted octanol–water partition coefficient (Wildman–Crippen LogP) is -0.954. The zero-order chi connectivity index (χ0) is 14.3. The van der Waals surface area contributed by atoms with Crippen molar-refractivity contribution in [2.75, 3.05) is 19.5 Å². The molecule has 7 heteroatoms. The van der Waals surface area contributed by atoms with Crippen LogP contribution in [0.1, 0.15) is 18.4 Å². The van der Waals surface area contributed by atoms with Crippen molar-refractivity contribution >= 4 is 16.2 Å². The van der Waals surface area contributed by atoms with Gasteiger partial charge in [0.15, 0.2) is 0 Å². The van der Waals surface area contributed by atoms with Gasteiger partial charge in [0.2, 0.25) is 0 Å². The summed E-state index contributed by atoms with van der Waals surface area (Å²) in [7, 11) is -2.55. The van der Waals surface area contributed by atoms with Crippen LogP contribution >= 0.6 is 0 Å². The molecule has 0 amide bonds. The van der Waals surface area contributed by atoms with E-state index in [1.807, 2.05) is 0 Å². The van der Waals surface area contributed by atoms with Gasteiger partial charge < -0.3 is 14.0 Å². The van der Waals surface area contributed by atoms with Crippen LogP contribution in [0.15, 0.2) is 24.8 Å². The first-order valence-electron chi connectivity index (χ1n) is 5.83. The van der Waals surface area contributed by atoms with Crippen LogP contribution in [0.4, 0.5) is 0 Å². The molecule has 0 spiro atoms. The van der Waals surface area contributed by atoms with Gasteiger partial charge in [-0.1, -0.05) is 12.7 Å². The Kier molecular flexibility index (Phi) is 9.16. The molecule has 0 aliphatic heterocycles. The Hall–Kier alpha value is -0.530. The molecule has 5 nitrogen and oxygen atoms in total. The van der Waals surface area contributed by atoms with Gasteiger partial charge >= 0.3 is 29.6 Å². The SMILES string of the molecule is C=Cc1cc(OC)ccc1OCCCCS(=O)(=O)[O-].[Na+]. The first-order chi connectivity index (χ1) is 8.96. The number of hydrogen-bond acceptors (Lipinski definition) is 5. The summed E-state index contributed by atoms with van der Waals surface area (Å²) in [5.41, 5.74) is 0.802. The van der Waals surface area contributed by atoms with Crippen LogP contribution in [0.25, 0.3) is 6.08 Å². The topological polar surface area (TPSA) is 75.7 Å². The molecular weight excluding hydrogens is 291 g/mol. The van der Waals surface area contributed by atoms with Crippen molar-refractivity contribution in [2.24, 2.45) is 0 Å². The van der Waals surface area contributed by atoms with Gasteiger partial charge in [0, 0.05) is 11.3 Å². The molecule has 0 heterocycles. The van der Waals surface area contributed by atoms with Gasteiger partial charge in [-0.15, -0.1) is 0 Å². The van der Waals surface area contributed by atoms with E-state index in [0.29, 0.717) is 30.9 Å². The Morgan fingerprint density at radius 1 is 1.35 bits per heavy atom. The molecule has 0 saturated heterocycles. The van der Waals surface area contributed by atoms with Gasteiger partial charge in [0.25, 0.3) is 0 Å². The molecule has 0 aliphatic rings. The average Bonchev–Trinajstić information content (AvgIpc) is 2.37. The summed E-state index contributed by atoms with van der Waals surface area (Å²) in [6, 6.07) is 5.33. The Bertz CT molecular complexity index is 528. The molecule has 0 aromatic heterocycles. The van der Waals surface area contributed by atoms with E-state index >= 15 is 0 Å². The normalized spacial score (nSPS) is 10.5. The van der Waals surface area contributed by atoms with Crippen LogP contribution in [0.5, 0.6) is 11.5 Å². The minimum absolute atomic E-state index is 0. The van der Waals surface area contributed by atoms with Crippen molar-refractivity contribution in [1.82, 2.24) is 0 Å². The summed E-state index contributed by atoms with van der Waals surface area (Å²) in [4.78, 5) is 0. The number of benzene rings is 1. The second-order valence-electron chi connectivity index (χ2n) is 3.93. The van der Waals surface area contributed by atoms with E-state index in [9.17, 15) is 13.0 Å². The quantitative estimate of drug-likeness (QED) is 0.351. The number of ether oxygens (including phenoxy) is 2. The van der Waals surface area contributed by atoms with Crippen molar-refractivity contribution in [3.63, 3.8) is 0 Å². The molecule has 20 heavy (non-hydrogen) atoms. The second-order valence-corrected chi connectivity index (χ2v) is 5.45. The van der Waals surface area contributed by atoms with E-state index in [1.54, 1.807) is 31.4 Å². The third kappa shape index (κ3) is 7.31. The summed E-state index contributed by atoms with van der Waals surface area (Å²) in [5, 5.41) is 0. The third-order valence-corrected chi connectivity index (χ3v) is 3.27. The molecular formula is C13H17NaO5S. The van der Waals surface area contributed by atoms with Crippen LogP contribution in [0.3, 0.4) is 0 Å². The smallest absolute Gasteiger partial charge is 0.748 e. The Labute approximate surface area is 142 Å². The van der Waals surface area contributed by atoms with Crippen LogP contribution in [0.2, 0.25) is 0 Å². The minimum Gasteiger partial charge on any atom is -0.748 e. The van der Waals surface area contributed by atoms with Crippen molar-refractivity contribution in [3.05, 3.63) is 30.3 Å². The zero-order valence-electron chi connectivity index (χ0n) is 11.8. The summed E-state index contributed by atoms with van der Waals surface area (Å²) >= 11 is 0. The van der Waals surface area contributed by atoms with Crippen molar-refractivity contribution < 1.29 is 52.0 Å².